The molecule has 2 aromatic heterocycles. The first-order chi connectivity index (χ1) is 16.6. The fourth-order valence-electron chi connectivity index (χ4n) is 4.56. The van der Waals surface area contributed by atoms with E-state index in [0.717, 1.165) is 54.3 Å². The number of halogens is 1. The highest BCUT2D eigenvalue weighted by Gasteiger charge is 2.30. The molecule has 0 spiro atoms. The van der Waals surface area contributed by atoms with E-state index in [4.69, 9.17) is 4.98 Å². The van der Waals surface area contributed by atoms with E-state index in [1.54, 1.807) is 6.08 Å². The molecule has 0 saturated heterocycles. The maximum absolute atomic E-state index is 13.5. The SMILES string of the molecule is C=CC.CN(Cc1ccccc1)C[C@@H]1CCc2nc(-c3ccc(F)cc3)c(-c3ccncc3)n21. The molecule has 5 heteroatoms. The van der Waals surface area contributed by atoms with Crippen molar-refractivity contribution in [1.29, 1.82) is 0 Å². The van der Waals surface area contributed by atoms with Gasteiger partial charge in [0.05, 0.1) is 11.4 Å². The lowest BCUT2D eigenvalue weighted by molar-refractivity contribution is 0.274. The zero-order valence-corrected chi connectivity index (χ0v) is 19.9. The number of aryl methyl sites for hydroxylation is 1. The minimum absolute atomic E-state index is 0.235. The molecule has 4 nitrogen and oxygen atoms in total. The van der Waals surface area contributed by atoms with Crippen LogP contribution in [0.5, 0.6) is 0 Å². The number of benzene rings is 2. The van der Waals surface area contributed by atoms with Gasteiger partial charge >= 0.3 is 0 Å². The third kappa shape index (κ3) is 5.32. The largest absolute Gasteiger partial charge is 0.323 e. The van der Waals surface area contributed by atoms with E-state index in [0.29, 0.717) is 6.04 Å². The van der Waals surface area contributed by atoms with E-state index in [1.807, 2.05) is 43.6 Å². The van der Waals surface area contributed by atoms with Gasteiger partial charge in [0, 0.05) is 49.1 Å². The zero-order valence-electron chi connectivity index (χ0n) is 19.9. The predicted molar refractivity (Wildman–Crippen MR) is 137 cm³/mol. The lowest BCUT2D eigenvalue weighted by Crippen LogP contribution is -2.26. The highest BCUT2D eigenvalue weighted by Crippen LogP contribution is 2.39. The molecule has 0 aliphatic carbocycles. The van der Waals surface area contributed by atoms with E-state index >= 15 is 0 Å². The Labute approximate surface area is 201 Å². The number of allylic oxidation sites excluding steroid dienone is 1. The van der Waals surface area contributed by atoms with Gasteiger partial charge in [0.25, 0.3) is 0 Å². The van der Waals surface area contributed by atoms with E-state index in [-0.39, 0.29) is 5.82 Å². The van der Waals surface area contributed by atoms with Gasteiger partial charge in [0.15, 0.2) is 0 Å². The maximum atomic E-state index is 13.5. The Morgan fingerprint density at radius 3 is 2.38 bits per heavy atom. The number of hydrogen-bond donors (Lipinski definition) is 0. The van der Waals surface area contributed by atoms with Crippen molar-refractivity contribution < 1.29 is 4.39 Å². The van der Waals surface area contributed by atoms with Gasteiger partial charge in [-0.3, -0.25) is 4.98 Å². The first-order valence-corrected chi connectivity index (χ1v) is 11.7. The Morgan fingerprint density at radius 2 is 1.71 bits per heavy atom. The van der Waals surface area contributed by atoms with Crippen molar-refractivity contribution in [3.8, 4) is 22.5 Å². The molecule has 3 heterocycles. The molecule has 0 unspecified atom stereocenters. The minimum Gasteiger partial charge on any atom is -0.323 e. The number of pyridine rings is 1. The van der Waals surface area contributed by atoms with Gasteiger partial charge in [-0.1, -0.05) is 36.4 Å². The Bertz CT molecular complexity index is 1200. The van der Waals surface area contributed by atoms with Gasteiger partial charge in [-0.25, -0.2) is 9.37 Å². The molecule has 5 rings (SSSR count). The molecule has 1 aliphatic rings. The number of likely N-dealkylation sites (N-methyl/N-ethyl adjacent to an activating group) is 1. The molecule has 0 bridgehead atoms. The summed E-state index contributed by atoms with van der Waals surface area (Å²) in [5, 5.41) is 0. The van der Waals surface area contributed by atoms with Crippen LogP contribution >= 0.6 is 0 Å². The molecular weight excluding hydrogens is 423 g/mol. The lowest BCUT2D eigenvalue weighted by Gasteiger charge is -2.24. The van der Waals surface area contributed by atoms with Crippen LogP contribution in [0, 0.1) is 5.82 Å². The van der Waals surface area contributed by atoms with Gasteiger partial charge in [-0.15, -0.1) is 6.58 Å². The van der Waals surface area contributed by atoms with Crippen LogP contribution in [0.15, 0.2) is 91.8 Å². The lowest BCUT2D eigenvalue weighted by atomic mass is 10.0. The summed E-state index contributed by atoms with van der Waals surface area (Å²) in [5.41, 5.74) is 5.35. The Kier molecular flexibility index (Phi) is 7.65. The van der Waals surface area contributed by atoms with Crippen molar-refractivity contribution in [2.24, 2.45) is 0 Å². The quantitative estimate of drug-likeness (QED) is 0.309. The molecule has 0 amide bonds. The van der Waals surface area contributed by atoms with Crippen molar-refractivity contribution in [2.45, 2.75) is 32.4 Å². The summed E-state index contributed by atoms with van der Waals surface area (Å²) in [6.07, 6.45) is 7.40. The Hall–Kier alpha value is -3.57. The van der Waals surface area contributed by atoms with Crippen LogP contribution in [0.4, 0.5) is 4.39 Å². The van der Waals surface area contributed by atoms with Crippen molar-refractivity contribution in [3.63, 3.8) is 0 Å². The summed E-state index contributed by atoms with van der Waals surface area (Å²) in [6, 6.07) is 21.6. The molecule has 2 aromatic carbocycles. The number of rotatable bonds is 6. The Balaban J connectivity index is 0.000000868. The standard InChI is InChI=1S/C26H25FN4.C3H6/c1-30(17-19-5-3-2-4-6-19)18-23-11-12-24-29-25(20-7-9-22(27)10-8-20)26(31(23)24)21-13-15-28-16-14-21;1-3-2/h2-10,13-16,23H,11-12,17-18H2,1H3;3H,1H2,2H3/t23-;/m0./s1. The first-order valence-electron chi connectivity index (χ1n) is 11.7. The smallest absolute Gasteiger partial charge is 0.123 e. The average molecular weight is 455 g/mol. The Morgan fingerprint density at radius 1 is 1.03 bits per heavy atom. The molecule has 4 aromatic rings. The molecule has 34 heavy (non-hydrogen) atoms. The van der Waals surface area contributed by atoms with Gasteiger partial charge in [0.2, 0.25) is 0 Å². The van der Waals surface area contributed by atoms with Gasteiger partial charge in [-0.2, -0.15) is 0 Å². The summed E-state index contributed by atoms with van der Waals surface area (Å²) in [6.45, 7) is 7.11. The first kappa shape index (κ1) is 23.6. The molecule has 1 atom stereocenters. The average Bonchev–Trinajstić information content (AvgIpc) is 3.41. The highest BCUT2D eigenvalue weighted by molar-refractivity contribution is 5.79. The van der Waals surface area contributed by atoms with Crippen molar-refractivity contribution in [3.05, 3.63) is 109 Å². The zero-order chi connectivity index (χ0) is 23.9. The summed E-state index contributed by atoms with van der Waals surface area (Å²) in [5.74, 6) is 0.866. The molecule has 0 radical (unpaired) electrons. The van der Waals surface area contributed by atoms with Crippen molar-refractivity contribution >= 4 is 0 Å². The van der Waals surface area contributed by atoms with Crippen LogP contribution in [0.2, 0.25) is 0 Å². The number of nitrogens with zero attached hydrogens (tertiary/aromatic N) is 4. The normalized spacial score (nSPS) is 14.4. The summed E-state index contributed by atoms with van der Waals surface area (Å²) < 4.78 is 15.9. The van der Waals surface area contributed by atoms with Gasteiger partial charge in [-0.05, 0) is 62.4 Å². The van der Waals surface area contributed by atoms with Gasteiger partial charge in [0.1, 0.15) is 11.6 Å². The fraction of sp³-hybridized carbons (Fsp3) is 0.241. The topological polar surface area (TPSA) is 34.0 Å². The number of hydrogen-bond acceptors (Lipinski definition) is 3. The van der Waals surface area contributed by atoms with E-state index in [2.05, 4.69) is 58.4 Å². The van der Waals surface area contributed by atoms with Crippen LogP contribution in [-0.2, 0) is 13.0 Å². The van der Waals surface area contributed by atoms with E-state index < -0.39 is 0 Å². The minimum atomic E-state index is -0.235. The third-order valence-corrected chi connectivity index (χ3v) is 5.94. The summed E-state index contributed by atoms with van der Waals surface area (Å²) in [7, 11) is 2.18. The fourth-order valence-corrected chi connectivity index (χ4v) is 4.56. The van der Waals surface area contributed by atoms with Crippen LogP contribution in [0.25, 0.3) is 22.5 Å². The number of imidazole rings is 1. The monoisotopic (exact) mass is 454 g/mol. The van der Waals surface area contributed by atoms with Crippen LogP contribution < -0.4 is 0 Å². The van der Waals surface area contributed by atoms with Crippen LogP contribution in [-0.4, -0.2) is 33.0 Å². The molecule has 0 saturated carbocycles. The van der Waals surface area contributed by atoms with E-state index in [1.165, 1.54) is 17.7 Å². The highest BCUT2D eigenvalue weighted by atomic mass is 19.1. The number of fused-ring (bicyclic) bond motifs is 1. The molecule has 174 valence electrons. The van der Waals surface area contributed by atoms with Gasteiger partial charge < -0.3 is 9.47 Å². The number of aromatic nitrogens is 3. The summed E-state index contributed by atoms with van der Waals surface area (Å²) >= 11 is 0. The molecule has 0 fully saturated rings. The molecule has 1 aliphatic heterocycles. The second kappa shape index (κ2) is 11.0. The summed E-state index contributed by atoms with van der Waals surface area (Å²) in [4.78, 5) is 11.6. The van der Waals surface area contributed by atoms with Crippen LogP contribution in [0.3, 0.4) is 0 Å². The third-order valence-electron chi connectivity index (χ3n) is 5.94. The van der Waals surface area contributed by atoms with Crippen LogP contribution in [0.1, 0.15) is 30.8 Å². The maximum Gasteiger partial charge on any atom is 0.123 e. The van der Waals surface area contributed by atoms with E-state index in [9.17, 15) is 4.39 Å². The second-order valence-electron chi connectivity index (χ2n) is 8.62. The molecular formula is C29H31FN4. The van der Waals surface area contributed by atoms with Crippen molar-refractivity contribution in [2.75, 3.05) is 13.6 Å². The molecule has 0 N–H and O–H groups in total. The second-order valence-corrected chi connectivity index (χ2v) is 8.62. The van der Waals surface area contributed by atoms with Crippen molar-refractivity contribution in [1.82, 2.24) is 19.4 Å². The predicted octanol–water partition coefficient (Wildman–Crippen LogP) is 6.56.